The van der Waals surface area contributed by atoms with Crippen LogP contribution in [0, 0.1) is 13.8 Å². The molecule has 0 spiro atoms. The van der Waals surface area contributed by atoms with Crippen molar-refractivity contribution < 1.29 is 4.74 Å². The molecule has 0 aliphatic rings. The number of hydrogen-bond acceptors (Lipinski definition) is 2. The number of fused-ring (bicyclic) bond motifs is 1. The molecule has 0 bridgehead atoms. The van der Waals surface area contributed by atoms with Gasteiger partial charge in [0.2, 0.25) is 0 Å². The molecule has 0 aliphatic heterocycles. The van der Waals surface area contributed by atoms with E-state index in [1.165, 1.54) is 5.56 Å². The first-order valence-electron chi connectivity index (χ1n) is 5.61. The number of ether oxygens (including phenoxy) is 1. The lowest BCUT2D eigenvalue weighted by molar-refractivity contribution is 0.240. The lowest BCUT2D eigenvalue weighted by Gasteiger charge is -2.13. The van der Waals surface area contributed by atoms with Gasteiger partial charge >= 0.3 is 0 Å². The van der Waals surface area contributed by atoms with E-state index in [1.807, 2.05) is 26.8 Å². The molecule has 84 valence electrons. The molecular formula is C14H17NO. The van der Waals surface area contributed by atoms with E-state index < -0.39 is 0 Å². The Morgan fingerprint density at radius 1 is 1.19 bits per heavy atom. The predicted octanol–water partition coefficient (Wildman–Crippen LogP) is 3.64. The van der Waals surface area contributed by atoms with Crippen LogP contribution >= 0.6 is 0 Å². The van der Waals surface area contributed by atoms with E-state index in [9.17, 15) is 0 Å². The predicted molar refractivity (Wildman–Crippen MR) is 67.0 cm³/mol. The van der Waals surface area contributed by atoms with Crippen LogP contribution in [-0.2, 0) is 0 Å². The first-order valence-corrected chi connectivity index (χ1v) is 5.61. The minimum absolute atomic E-state index is 0.183. The second kappa shape index (κ2) is 4.12. The maximum atomic E-state index is 5.73. The van der Waals surface area contributed by atoms with Crippen molar-refractivity contribution in [2.24, 2.45) is 0 Å². The van der Waals surface area contributed by atoms with Crippen molar-refractivity contribution >= 4 is 10.9 Å². The highest BCUT2D eigenvalue weighted by molar-refractivity contribution is 5.83. The molecule has 2 heteroatoms. The average molecular weight is 215 g/mol. The van der Waals surface area contributed by atoms with Gasteiger partial charge in [0.15, 0.2) is 0 Å². The number of nitrogens with zero attached hydrogens (tertiary/aromatic N) is 1. The van der Waals surface area contributed by atoms with Gasteiger partial charge in [0.25, 0.3) is 0 Å². The number of para-hydroxylation sites is 1. The summed E-state index contributed by atoms with van der Waals surface area (Å²) < 4.78 is 5.73. The first-order chi connectivity index (χ1) is 7.58. The standard InChI is InChI=1S/C14H17NO/c1-9(2)16-13-8-12-7-5-6-10(3)14(12)15-11(13)4/h5-9H,1-4H3. The summed E-state index contributed by atoms with van der Waals surface area (Å²) >= 11 is 0. The molecule has 1 heterocycles. The molecule has 2 aromatic rings. The Morgan fingerprint density at radius 3 is 2.62 bits per heavy atom. The summed E-state index contributed by atoms with van der Waals surface area (Å²) in [6.45, 7) is 8.13. The number of hydrogen-bond donors (Lipinski definition) is 0. The van der Waals surface area contributed by atoms with Gasteiger partial charge in [0.05, 0.1) is 17.3 Å². The van der Waals surface area contributed by atoms with Crippen molar-refractivity contribution in [1.82, 2.24) is 4.98 Å². The van der Waals surface area contributed by atoms with E-state index in [0.717, 1.165) is 22.3 Å². The quantitative estimate of drug-likeness (QED) is 0.763. The summed E-state index contributed by atoms with van der Waals surface area (Å²) in [5.41, 5.74) is 3.23. The molecule has 16 heavy (non-hydrogen) atoms. The highest BCUT2D eigenvalue weighted by atomic mass is 16.5. The van der Waals surface area contributed by atoms with Crippen LogP contribution in [-0.4, -0.2) is 11.1 Å². The number of benzene rings is 1. The van der Waals surface area contributed by atoms with E-state index in [-0.39, 0.29) is 6.10 Å². The molecule has 2 nitrogen and oxygen atoms in total. The molecule has 0 saturated heterocycles. The third-order valence-electron chi connectivity index (χ3n) is 2.55. The smallest absolute Gasteiger partial charge is 0.141 e. The van der Waals surface area contributed by atoms with Gasteiger partial charge in [-0.2, -0.15) is 0 Å². The zero-order valence-electron chi connectivity index (χ0n) is 10.2. The van der Waals surface area contributed by atoms with Gasteiger partial charge in [-0.25, -0.2) is 4.98 Å². The maximum absolute atomic E-state index is 5.73. The van der Waals surface area contributed by atoms with E-state index in [4.69, 9.17) is 4.74 Å². The lowest BCUT2D eigenvalue weighted by atomic mass is 10.1. The number of pyridine rings is 1. The Labute approximate surface area is 96.3 Å². The van der Waals surface area contributed by atoms with E-state index in [0.29, 0.717) is 0 Å². The molecule has 0 amide bonds. The molecule has 1 aromatic carbocycles. The first kappa shape index (κ1) is 10.9. The molecule has 1 aromatic heterocycles. The summed E-state index contributed by atoms with van der Waals surface area (Å²) in [4.78, 5) is 4.60. The van der Waals surface area contributed by atoms with Crippen molar-refractivity contribution in [3.63, 3.8) is 0 Å². The van der Waals surface area contributed by atoms with Crippen molar-refractivity contribution in [2.75, 3.05) is 0 Å². The molecule has 0 aliphatic carbocycles. The van der Waals surface area contributed by atoms with Crippen LogP contribution in [0.1, 0.15) is 25.1 Å². The molecule has 2 rings (SSSR count). The highest BCUT2D eigenvalue weighted by Crippen LogP contribution is 2.25. The summed E-state index contributed by atoms with van der Waals surface area (Å²) in [7, 11) is 0. The third kappa shape index (κ3) is 2.01. The fourth-order valence-corrected chi connectivity index (χ4v) is 1.79. The monoisotopic (exact) mass is 215 g/mol. The Kier molecular flexibility index (Phi) is 2.82. The van der Waals surface area contributed by atoms with Crippen LogP contribution in [0.5, 0.6) is 5.75 Å². The average Bonchev–Trinajstić information content (AvgIpc) is 2.20. The minimum atomic E-state index is 0.183. The molecule has 0 saturated carbocycles. The Hall–Kier alpha value is -1.57. The Bertz CT molecular complexity index is 517. The number of aromatic nitrogens is 1. The van der Waals surface area contributed by atoms with Gasteiger partial charge in [-0.3, -0.25) is 0 Å². The summed E-state index contributed by atoms with van der Waals surface area (Å²) in [5.74, 6) is 0.883. The van der Waals surface area contributed by atoms with Crippen LogP contribution in [0.4, 0.5) is 0 Å². The van der Waals surface area contributed by atoms with E-state index in [2.05, 4.69) is 30.1 Å². The summed E-state index contributed by atoms with van der Waals surface area (Å²) in [5, 5.41) is 1.14. The van der Waals surface area contributed by atoms with Gasteiger partial charge in [0, 0.05) is 5.39 Å². The number of rotatable bonds is 2. The van der Waals surface area contributed by atoms with Crippen molar-refractivity contribution in [3.8, 4) is 5.75 Å². The number of aryl methyl sites for hydroxylation is 2. The summed E-state index contributed by atoms with van der Waals surface area (Å²) in [6.07, 6.45) is 0.183. The van der Waals surface area contributed by atoms with Crippen LogP contribution in [0.25, 0.3) is 10.9 Å². The molecule has 0 unspecified atom stereocenters. The van der Waals surface area contributed by atoms with Crippen LogP contribution in [0.2, 0.25) is 0 Å². The minimum Gasteiger partial charge on any atom is -0.489 e. The molecule has 0 atom stereocenters. The molecular weight excluding hydrogens is 198 g/mol. The van der Waals surface area contributed by atoms with Crippen molar-refractivity contribution in [2.45, 2.75) is 33.8 Å². The highest BCUT2D eigenvalue weighted by Gasteiger charge is 2.07. The lowest BCUT2D eigenvalue weighted by Crippen LogP contribution is -2.07. The Balaban J connectivity index is 2.58. The Morgan fingerprint density at radius 2 is 1.94 bits per heavy atom. The molecule has 0 N–H and O–H groups in total. The topological polar surface area (TPSA) is 22.1 Å². The molecule has 0 fully saturated rings. The van der Waals surface area contributed by atoms with Gasteiger partial charge in [0.1, 0.15) is 5.75 Å². The fraction of sp³-hybridized carbons (Fsp3) is 0.357. The molecule has 0 radical (unpaired) electrons. The second-order valence-electron chi connectivity index (χ2n) is 4.39. The van der Waals surface area contributed by atoms with Gasteiger partial charge < -0.3 is 4.74 Å². The maximum Gasteiger partial charge on any atom is 0.141 e. The largest absolute Gasteiger partial charge is 0.489 e. The zero-order chi connectivity index (χ0) is 11.7. The van der Waals surface area contributed by atoms with Gasteiger partial charge in [-0.05, 0) is 39.3 Å². The fourth-order valence-electron chi connectivity index (χ4n) is 1.79. The van der Waals surface area contributed by atoms with E-state index >= 15 is 0 Å². The van der Waals surface area contributed by atoms with Crippen molar-refractivity contribution in [1.29, 1.82) is 0 Å². The van der Waals surface area contributed by atoms with Crippen LogP contribution in [0.3, 0.4) is 0 Å². The van der Waals surface area contributed by atoms with E-state index in [1.54, 1.807) is 0 Å². The van der Waals surface area contributed by atoms with Crippen molar-refractivity contribution in [3.05, 3.63) is 35.5 Å². The van der Waals surface area contributed by atoms with Crippen LogP contribution < -0.4 is 4.74 Å². The zero-order valence-corrected chi connectivity index (χ0v) is 10.2. The van der Waals surface area contributed by atoms with Gasteiger partial charge in [-0.15, -0.1) is 0 Å². The SMILES string of the molecule is Cc1nc2c(C)cccc2cc1OC(C)C. The van der Waals surface area contributed by atoms with Gasteiger partial charge in [-0.1, -0.05) is 18.2 Å². The second-order valence-corrected chi connectivity index (χ2v) is 4.39. The summed E-state index contributed by atoms with van der Waals surface area (Å²) in [6, 6.07) is 8.28. The normalized spacial score (nSPS) is 11.1. The third-order valence-corrected chi connectivity index (χ3v) is 2.55. The van der Waals surface area contributed by atoms with Crippen LogP contribution in [0.15, 0.2) is 24.3 Å².